The van der Waals surface area contributed by atoms with E-state index in [1.807, 2.05) is 0 Å². The van der Waals surface area contributed by atoms with E-state index in [0.717, 1.165) is 167 Å². The van der Waals surface area contributed by atoms with Crippen molar-refractivity contribution < 1.29 is 75.8 Å². The number of unbranched alkanes of at least 4 members (excludes halogenated alkanes) is 40. The normalized spacial score (nSPS) is 14.5. The first-order chi connectivity index (χ1) is 59.2. The number of ether oxygens (including phenoxy) is 3. The van der Waals surface area contributed by atoms with Crippen LogP contribution in [-0.4, -0.2) is 95.9 Å². The van der Waals surface area contributed by atoms with Crippen molar-refractivity contribution in [3.63, 3.8) is 0 Å². The van der Waals surface area contributed by atoms with E-state index in [1.54, 1.807) is 0 Å². The number of aliphatic hydroxyl groups is 2. The van der Waals surface area contributed by atoms with Crippen LogP contribution >= 0.6 is 15.6 Å². The van der Waals surface area contributed by atoms with Crippen molar-refractivity contribution in [2.24, 2.45) is 0 Å². The second kappa shape index (κ2) is 94.1. The maximum Gasteiger partial charge on any atom is 0.472 e. The minimum Gasteiger partial charge on any atom is -0.463 e. The molecular weight excluding hydrogens is 1560 g/mol. The molecule has 0 radical (unpaired) electrons. The van der Waals surface area contributed by atoms with Gasteiger partial charge in [0.05, 0.1) is 26.4 Å². The van der Waals surface area contributed by atoms with Crippen LogP contribution in [0.3, 0.4) is 0 Å². The Labute approximate surface area is 739 Å². The fourth-order valence-corrected chi connectivity index (χ4v) is 14.7. The molecule has 0 aromatic carbocycles. The Bertz CT molecular complexity index is 2880. The van der Waals surface area contributed by atoms with E-state index in [1.165, 1.54) is 180 Å². The predicted octanol–water partition coefficient (Wildman–Crippen LogP) is 30.2. The number of esters is 3. The zero-order valence-corrected chi connectivity index (χ0v) is 78.4. The van der Waals surface area contributed by atoms with Crippen molar-refractivity contribution in [1.82, 2.24) is 0 Å². The number of aliphatic hydroxyl groups excluding tert-OH is 2. The van der Waals surface area contributed by atoms with Gasteiger partial charge in [0.15, 0.2) is 6.10 Å². The Morgan fingerprint density at radius 2 is 0.438 bits per heavy atom. The number of carbonyl (C=O) groups is 3. The van der Waals surface area contributed by atoms with Crippen molar-refractivity contribution >= 4 is 33.6 Å². The van der Waals surface area contributed by atoms with Gasteiger partial charge in [0.2, 0.25) is 0 Å². The average Bonchev–Trinajstić information content (AvgIpc) is 0.899. The van der Waals surface area contributed by atoms with E-state index in [9.17, 15) is 43.5 Å². The maximum atomic E-state index is 13.1. The van der Waals surface area contributed by atoms with Gasteiger partial charge in [-0.25, -0.2) is 9.13 Å². The summed E-state index contributed by atoms with van der Waals surface area (Å²) in [5, 5.41) is 20.8. The standard InChI is InChI=1S/C103H176O16P2/c1-4-7-10-13-16-19-22-25-28-31-34-37-40-43-44-45-46-47-48-49-50-51-52-55-57-59-62-65-68-71-74-77-80-83-86-89-101(106)113-92-98(104)93-115-120(109,110)116-94-99(105)95-117-121(111,112)118-97-100(119-103(108)91-88-85-82-79-76-73-70-67-64-61-58-54-42-39-36-33-30-27-24-21-18-15-12-9-6-3)96-114-102(107)90-87-84-81-78-75-72-69-66-63-60-56-53-41-38-35-32-29-26-23-20-17-14-11-8-5-2/h8-9,11-12,16-21,25-30,34-39,43-44,53-54,56,58,98-100,104-105H,4-7,10,13-15,22-24,31-33,40-42,45-52,55,57,59-97H2,1-3H3,(H,109,110)(H,111,112)/b11-8-,12-9-,19-16-,20-17-,21-18-,28-25-,29-26-,30-27-,37-34-,38-35-,39-36-,44-43-,56-53-,58-54-. The Kier molecular flexibility index (Phi) is 90.1. The smallest absolute Gasteiger partial charge is 0.463 e. The van der Waals surface area contributed by atoms with Crippen molar-refractivity contribution in [2.75, 3.05) is 39.6 Å². The quantitative estimate of drug-likeness (QED) is 0.0146. The molecular formula is C103H176O16P2. The van der Waals surface area contributed by atoms with Crippen LogP contribution < -0.4 is 0 Å². The molecule has 16 nitrogen and oxygen atoms in total. The number of carbonyl (C=O) groups excluding carboxylic acids is 3. The van der Waals surface area contributed by atoms with Gasteiger partial charge in [0.1, 0.15) is 25.4 Å². The first kappa shape index (κ1) is 116. The first-order valence-corrected chi connectivity index (χ1v) is 51.4. The second-order valence-corrected chi connectivity index (χ2v) is 35.0. The summed E-state index contributed by atoms with van der Waals surface area (Å²) in [6.45, 7) is 2.47. The van der Waals surface area contributed by atoms with E-state index < -0.39 is 91.5 Å². The van der Waals surface area contributed by atoms with Crippen LogP contribution in [0.15, 0.2) is 170 Å². The molecule has 0 aliphatic heterocycles. The van der Waals surface area contributed by atoms with Gasteiger partial charge >= 0.3 is 33.6 Å². The third-order valence-electron chi connectivity index (χ3n) is 20.4. The summed E-state index contributed by atoms with van der Waals surface area (Å²) in [6.07, 6.45) is 123. The molecule has 0 saturated carbocycles. The molecule has 0 rings (SSSR count). The third-order valence-corrected chi connectivity index (χ3v) is 22.3. The lowest BCUT2D eigenvalue weighted by Gasteiger charge is -2.21. The SMILES string of the molecule is CC/C=C\C/C=C\C/C=C\C/C=C\C/C=C\CCCCCCCCCCCC(=O)OCC(COP(=O)(O)OCC(O)COP(=O)(O)OCC(O)COC(=O)CCCCCCCCCCCCCCCCCCCCC/C=C\C/C=C\C/C=C\C/C=C\CCCCC)OC(=O)CCCCCCCCCCC/C=C\C/C=C\C/C=C\C/C=C\C/C=C\CC. The molecule has 0 amide bonds. The molecule has 0 aliphatic carbocycles. The molecule has 0 aromatic heterocycles. The molecule has 0 saturated heterocycles. The van der Waals surface area contributed by atoms with Crippen LogP contribution in [0.25, 0.3) is 0 Å². The number of phosphoric acid groups is 2. The maximum absolute atomic E-state index is 13.1. The molecule has 0 bridgehead atoms. The van der Waals surface area contributed by atoms with Gasteiger partial charge in [-0.05, 0) is 154 Å². The highest BCUT2D eigenvalue weighted by Gasteiger charge is 2.30. The van der Waals surface area contributed by atoms with E-state index in [-0.39, 0.29) is 19.3 Å². The zero-order chi connectivity index (χ0) is 87.9. The fraction of sp³-hybridized carbons (Fsp3) is 0.699. The van der Waals surface area contributed by atoms with Crippen molar-refractivity contribution in [1.29, 1.82) is 0 Å². The molecule has 0 aromatic rings. The Morgan fingerprint density at radius 3 is 0.694 bits per heavy atom. The van der Waals surface area contributed by atoms with Crippen LogP contribution in [0.1, 0.15) is 406 Å². The number of allylic oxidation sites excluding steroid dienone is 28. The molecule has 5 unspecified atom stereocenters. The van der Waals surface area contributed by atoms with Gasteiger partial charge in [-0.2, -0.15) is 0 Å². The van der Waals surface area contributed by atoms with Crippen molar-refractivity contribution in [2.45, 2.75) is 424 Å². The third kappa shape index (κ3) is 95.4. The average molecular weight is 1730 g/mol. The summed E-state index contributed by atoms with van der Waals surface area (Å²) in [5.41, 5.74) is 0. The lowest BCUT2D eigenvalue weighted by Crippen LogP contribution is -2.30. The van der Waals surface area contributed by atoms with E-state index in [2.05, 4.69) is 191 Å². The summed E-state index contributed by atoms with van der Waals surface area (Å²) < 4.78 is 61.6. The van der Waals surface area contributed by atoms with E-state index >= 15 is 0 Å². The van der Waals surface area contributed by atoms with Crippen molar-refractivity contribution in [3.05, 3.63) is 170 Å². The summed E-state index contributed by atoms with van der Waals surface area (Å²) in [7, 11) is -9.82. The molecule has 5 atom stereocenters. The number of phosphoric ester groups is 2. The topological polar surface area (TPSA) is 231 Å². The summed E-state index contributed by atoms with van der Waals surface area (Å²) >= 11 is 0. The second-order valence-electron chi connectivity index (χ2n) is 32.1. The highest BCUT2D eigenvalue weighted by Crippen LogP contribution is 2.45. The largest absolute Gasteiger partial charge is 0.472 e. The minimum absolute atomic E-state index is 0.0908. The molecule has 0 aliphatic rings. The van der Waals surface area contributed by atoms with Crippen LogP contribution in [0.5, 0.6) is 0 Å². The highest BCUT2D eigenvalue weighted by atomic mass is 31.2. The molecule has 0 heterocycles. The monoisotopic (exact) mass is 1730 g/mol. The first-order valence-electron chi connectivity index (χ1n) is 48.4. The van der Waals surface area contributed by atoms with Gasteiger partial charge in [0, 0.05) is 19.3 Å². The molecule has 0 spiro atoms. The Hall–Kier alpha value is -5.09. The number of hydrogen-bond acceptors (Lipinski definition) is 14. The number of rotatable bonds is 91. The van der Waals surface area contributed by atoms with E-state index in [4.69, 9.17) is 32.3 Å². The molecule has 694 valence electrons. The van der Waals surface area contributed by atoms with Crippen molar-refractivity contribution in [3.8, 4) is 0 Å². The summed E-state index contributed by atoms with van der Waals surface area (Å²) in [6, 6.07) is 0. The molecule has 0 fully saturated rings. The summed E-state index contributed by atoms with van der Waals surface area (Å²) in [5.74, 6) is -1.58. The van der Waals surface area contributed by atoms with Crippen LogP contribution in [0, 0.1) is 0 Å². The van der Waals surface area contributed by atoms with E-state index in [0.29, 0.717) is 19.3 Å². The lowest BCUT2D eigenvalue weighted by atomic mass is 10.0. The summed E-state index contributed by atoms with van der Waals surface area (Å²) in [4.78, 5) is 59.1. The van der Waals surface area contributed by atoms with Gasteiger partial charge < -0.3 is 34.2 Å². The lowest BCUT2D eigenvalue weighted by molar-refractivity contribution is -0.161. The van der Waals surface area contributed by atoms with Gasteiger partial charge in [-0.15, -0.1) is 0 Å². The van der Waals surface area contributed by atoms with Gasteiger partial charge in [-0.3, -0.25) is 32.5 Å². The van der Waals surface area contributed by atoms with Crippen LogP contribution in [0.2, 0.25) is 0 Å². The van der Waals surface area contributed by atoms with Crippen LogP contribution in [-0.2, 0) is 55.8 Å². The Morgan fingerprint density at radius 1 is 0.240 bits per heavy atom. The Balaban J connectivity index is 4.56. The number of hydrogen-bond donors (Lipinski definition) is 4. The zero-order valence-electron chi connectivity index (χ0n) is 76.6. The van der Waals surface area contributed by atoms with Crippen LogP contribution in [0.4, 0.5) is 0 Å². The molecule has 121 heavy (non-hydrogen) atoms. The predicted molar refractivity (Wildman–Crippen MR) is 509 cm³/mol. The fourth-order valence-electron chi connectivity index (χ4n) is 13.1. The molecule has 18 heteroatoms. The van der Waals surface area contributed by atoms with Gasteiger partial charge in [-0.1, -0.05) is 403 Å². The minimum atomic E-state index is -4.95. The molecule has 4 N–H and O–H groups in total. The highest BCUT2D eigenvalue weighted by molar-refractivity contribution is 7.47. The van der Waals surface area contributed by atoms with Gasteiger partial charge in [0.25, 0.3) is 0 Å².